The normalized spacial score (nSPS) is 18.9. The van der Waals surface area contributed by atoms with Crippen LogP contribution in [0.25, 0.3) is 0 Å². The summed E-state index contributed by atoms with van der Waals surface area (Å²) in [7, 11) is 1.25. The van der Waals surface area contributed by atoms with E-state index in [9.17, 15) is 9.59 Å². The van der Waals surface area contributed by atoms with Gasteiger partial charge in [-0.25, -0.2) is 4.79 Å². The SMILES string of the molecule is [2H]C([2H])([2H])N(C(=O)/C(=N\OC(=O)NC)SC)C([2H])([2H])[2H]. The van der Waals surface area contributed by atoms with Gasteiger partial charge in [-0.05, 0) is 6.26 Å². The number of carbonyl (C=O) groups excluding carboxylic acids is 2. The fourth-order valence-corrected chi connectivity index (χ4v) is 0.766. The molecule has 0 rings (SSSR count). The lowest BCUT2D eigenvalue weighted by molar-refractivity contribution is -0.121. The Kier molecular flexibility index (Phi) is 2.50. The second kappa shape index (κ2) is 6.25. The maximum Gasteiger partial charge on any atom is 0.433 e. The van der Waals surface area contributed by atoms with Crippen LogP contribution in [0.4, 0.5) is 4.79 Å². The van der Waals surface area contributed by atoms with Gasteiger partial charge in [-0.15, -0.1) is 11.8 Å². The van der Waals surface area contributed by atoms with Crippen molar-refractivity contribution in [2.45, 2.75) is 0 Å². The van der Waals surface area contributed by atoms with Gasteiger partial charge in [0.2, 0.25) is 5.04 Å². The lowest BCUT2D eigenvalue weighted by Gasteiger charge is -2.09. The van der Waals surface area contributed by atoms with Gasteiger partial charge >= 0.3 is 6.09 Å². The zero-order valence-corrected chi connectivity index (χ0v) is 8.34. The van der Waals surface area contributed by atoms with Crippen LogP contribution in [-0.2, 0) is 9.63 Å². The van der Waals surface area contributed by atoms with Crippen molar-refractivity contribution < 1.29 is 22.7 Å². The van der Waals surface area contributed by atoms with Crippen molar-refractivity contribution in [3.63, 3.8) is 0 Å². The van der Waals surface area contributed by atoms with Crippen molar-refractivity contribution in [3.8, 4) is 0 Å². The van der Waals surface area contributed by atoms with Crippen LogP contribution >= 0.6 is 11.8 Å². The average molecular weight is 225 g/mol. The lowest BCUT2D eigenvalue weighted by Crippen LogP contribution is -2.28. The quantitative estimate of drug-likeness (QED) is 0.297. The largest absolute Gasteiger partial charge is 0.433 e. The summed E-state index contributed by atoms with van der Waals surface area (Å²) in [4.78, 5) is 26.7. The fraction of sp³-hybridized carbons (Fsp3) is 0.571. The standard InChI is InChI=1S/C7H13N3O3S/c1-8-7(12)13-9-5(14-4)6(11)10(2)3/h1-4H3,(H,8,12)/b9-5+/i2D3,3D3. The highest BCUT2D eigenvalue weighted by molar-refractivity contribution is 8.15. The Bertz CT molecular complexity index is 394. The molecule has 0 bridgehead atoms. The molecule has 7 heteroatoms. The summed E-state index contributed by atoms with van der Waals surface area (Å²) in [5.41, 5.74) is 0. The first-order chi connectivity index (χ1) is 8.95. The molecule has 0 aromatic carbocycles. The molecule has 6 nitrogen and oxygen atoms in total. The topological polar surface area (TPSA) is 71.0 Å². The van der Waals surface area contributed by atoms with E-state index < -0.39 is 31.0 Å². The summed E-state index contributed by atoms with van der Waals surface area (Å²) in [6.07, 6.45) is 0.361. The molecule has 0 unspecified atom stereocenters. The number of rotatable bonds is 1. The van der Waals surface area contributed by atoms with Crippen molar-refractivity contribution in [1.82, 2.24) is 10.2 Å². The lowest BCUT2D eigenvalue weighted by atomic mass is 10.6. The van der Waals surface area contributed by atoms with Gasteiger partial charge in [-0.2, -0.15) is 0 Å². The third-order valence-electron chi connectivity index (χ3n) is 0.995. The number of oxime groups is 1. The summed E-state index contributed by atoms with van der Waals surface area (Å²) in [6, 6.07) is 0. The van der Waals surface area contributed by atoms with Crippen molar-refractivity contribution in [1.29, 1.82) is 0 Å². The van der Waals surface area contributed by atoms with Crippen LogP contribution in [0.1, 0.15) is 8.22 Å². The summed E-state index contributed by atoms with van der Waals surface area (Å²) in [5.74, 6) is -1.39. The van der Waals surface area contributed by atoms with Gasteiger partial charge in [0.05, 0.1) is 0 Å². The summed E-state index contributed by atoms with van der Waals surface area (Å²) in [5, 5.41) is 4.60. The van der Waals surface area contributed by atoms with E-state index in [1.807, 2.05) is 5.32 Å². The number of thioether (sulfide) groups is 1. The highest BCUT2D eigenvalue weighted by Crippen LogP contribution is 2.01. The zero-order chi connectivity index (χ0) is 16.1. The van der Waals surface area contributed by atoms with Gasteiger partial charge < -0.3 is 10.2 Å². The van der Waals surface area contributed by atoms with Crippen LogP contribution < -0.4 is 5.32 Å². The van der Waals surface area contributed by atoms with Gasteiger partial charge in [0.15, 0.2) is 0 Å². The molecular weight excluding hydrogens is 206 g/mol. The Morgan fingerprint density at radius 2 is 2.21 bits per heavy atom. The summed E-state index contributed by atoms with van der Waals surface area (Å²) in [6.45, 7) is -6.38. The Morgan fingerprint density at radius 3 is 2.64 bits per heavy atom. The monoisotopic (exact) mass is 225 g/mol. The second-order valence-electron chi connectivity index (χ2n) is 1.87. The molecule has 0 aromatic heterocycles. The predicted octanol–water partition coefficient (Wildman–Crippen LogP) is 0.107. The summed E-state index contributed by atoms with van der Waals surface area (Å²) < 4.78 is 42.5. The second-order valence-corrected chi connectivity index (χ2v) is 2.66. The van der Waals surface area contributed by atoms with E-state index in [2.05, 4.69) is 9.99 Å². The van der Waals surface area contributed by atoms with Crippen LogP contribution in [0.15, 0.2) is 5.16 Å². The van der Waals surface area contributed by atoms with Crippen molar-refractivity contribution in [2.24, 2.45) is 5.16 Å². The van der Waals surface area contributed by atoms with Crippen LogP contribution in [0.2, 0.25) is 0 Å². The van der Waals surface area contributed by atoms with E-state index in [0.29, 0.717) is 11.8 Å². The molecule has 1 N–H and O–H groups in total. The van der Waals surface area contributed by atoms with E-state index in [0.717, 1.165) is 0 Å². The first-order valence-electron chi connectivity index (χ1n) is 6.30. The molecule has 14 heavy (non-hydrogen) atoms. The van der Waals surface area contributed by atoms with Gasteiger partial charge in [0.1, 0.15) is 0 Å². The van der Waals surface area contributed by atoms with E-state index in [1.165, 1.54) is 13.3 Å². The molecule has 0 radical (unpaired) electrons. The Balaban J connectivity index is 5.38. The Labute approximate surface area is 95.1 Å². The molecule has 0 saturated heterocycles. The number of nitrogens with zero attached hydrogens (tertiary/aromatic N) is 2. The molecule has 2 amide bonds. The molecule has 0 aliphatic rings. The van der Waals surface area contributed by atoms with Gasteiger partial charge in [0.25, 0.3) is 5.91 Å². The van der Waals surface area contributed by atoms with Crippen LogP contribution in [0, 0.1) is 0 Å². The fourth-order valence-electron chi connectivity index (χ4n) is 0.388. The Morgan fingerprint density at radius 1 is 1.57 bits per heavy atom. The van der Waals surface area contributed by atoms with Gasteiger partial charge in [-0.1, -0.05) is 5.16 Å². The minimum absolute atomic E-state index is 0.275. The molecule has 0 aliphatic carbocycles. The van der Waals surface area contributed by atoms with Crippen molar-refractivity contribution >= 4 is 28.8 Å². The minimum atomic E-state index is -3.19. The average Bonchev–Trinajstić information content (AvgIpc) is 2.25. The smallest absolute Gasteiger partial charge is 0.343 e. The molecule has 0 heterocycles. The van der Waals surface area contributed by atoms with E-state index in [4.69, 9.17) is 8.22 Å². The highest BCUT2D eigenvalue weighted by Gasteiger charge is 2.13. The number of hydrogen-bond donors (Lipinski definition) is 1. The molecule has 0 saturated carbocycles. The minimum Gasteiger partial charge on any atom is -0.343 e. The number of hydrogen-bond acceptors (Lipinski definition) is 5. The number of nitrogens with one attached hydrogen (secondary N) is 1. The van der Waals surface area contributed by atoms with E-state index in [-0.39, 0.29) is 4.90 Å². The van der Waals surface area contributed by atoms with E-state index in [1.54, 1.807) is 0 Å². The summed E-state index contributed by atoms with van der Waals surface area (Å²) >= 11 is 0.645. The number of carbonyl (C=O) groups is 2. The van der Waals surface area contributed by atoms with E-state index >= 15 is 0 Å². The third-order valence-corrected chi connectivity index (χ3v) is 1.63. The van der Waals surface area contributed by atoms with Crippen LogP contribution in [0.3, 0.4) is 0 Å². The molecule has 80 valence electrons. The van der Waals surface area contributed by atoms with Crippen molar-refractivity contribution in [2.75, 3.05) is 27.3 Å². The predicted molar refractivity (Wildman–Crippen MR) is 55.2 cm³/mol. The zero-order valence-electron chi connectivity index (χ0n) is 13.5. The van der Waals surface area contributed by atoms with Gasteiger partial charge in [-0.3, -0.25) is 9.63 Å². The molecule has 0 spiro atoms. The van der Waals surface area contributed by atoms with Gasteiger partial charge in [0, 0.05) is 29.2 Å². The molecule has 0 aromatic rings. The van der Waals surface area contributed by atoms with Crippen LogP contribution in [-0.4, -0.2) is 49.2 Å². The molecule has 0 aliphatic heterocycles. The first-order valence-corrected chi connectivity index (χ1v) is 4.53. The highest BCUT2D eigenvalue weighted by atomic mass is 32.2. The van der Waals surface area contributed by atoms with Crippen LogP contribution in [0.5, 0.6) is 0 Å². The first kappa shape index (κ1) is 5.59. The molecule has 0 fully saturated rings. The molecule has 0 atom stereocenters. The molecular formula is C7H13N3O3S. The maximum atomic E-state index is 11.9. The maximum absolute atomic E-state index is 11.9. The van der Waals surface area contributed by atoms with Crippen molar-refractivity contribution in [3.05, 3.63) is 0 Å². The number of amides is 2. The Hall–Kier alpha value is -1.24. The third kappa shape index (κ3) is 4.13.